The van der Waals surface area contributed by atoms with Crippen LogP contribution in [0.5, 0.6) is 0 Å². The summed E-state index contributed by atoms with van der Waals surface area (Å²) >= 11 is 0. The summed E-state index contributed by atoms with van der Waals surface area (Å²) in [5.41, 5.74) is 0.477. The molecule has 29 heavy (non-hydrogen) atoms. The lowest BCUT2D eigenvalue weighted by Gasteiger charge is -2.47. The molecule has 0 radical (unpaired) electrons. The molecule has 0 saturated carbocycles. The number of piperazine rings is 1. The molecule has 2 saturated heterocycles. The fourth-order valence-corrected chi connectivity index (χ4v) is 4.11. The van der Waals surface area contributed by atoms with Gasteiger partial charge in [0, 0.05) is 19.0 Å². The predicted octanol–water partition coefficient (Wildman–Crippen LogP) is 0.960. The Kier molecular flexibility index (Phi) is 6.51. The third kappa shape index (κ3) is 4.58. The van der Waals surface area contributed by atoms with Crippen molar-refractivity contribution in [3.63, 3.8) is 0 Å². The van der Waals surface area contributed by atoms with E-state index in [1.807, 2.05) is 6.07 Å². The molecule has 2 aliphatic rings. The molecule has 3 atom stereocenters. The highest BCUT2D eigenvalue weighted by Gasteiger charge is 2.45. The van der Waals surface area contributed by atoms with E-state index in [9.17, 15) is 19.2 Å². The number of ether oxygens (including phenoxy) is 1. The summed E-state index contributed by atoms with van der Waals surface area (Å²) < 4.78 is 4.91. The summed E-state index contributed by atoms with van der Waals surface area (Å²) in [7, 11) is 1.27. The van der Waals surface area contributed by atoms with Crippen molar-refractivity contribution in [2.24, 2.45) is 0 Å². The van der Waals surface area contributed by atoms with Crippen LogP contribution in [0.3, 0.4) is 0 Å². The second kappa shape index (κ2) is 9.07. The van der Waals surface area contributed by atoms with Gasteiger partial charge in [-0.15, -0.1) is 0 Å². The molecule has 3 amide bonds. The molecule has 8 heteroatoms. The Balaban J connectivity index is 1.85. The van der Waals surface area contributed by atoms with E-state index in [-0.39, 0.29) is 30.3 Å². The van der Waals surface area contributed by atoms with Gasteiger partial charge < -0.3 is 19.9 Å². The first-order valence-electron chi connectivity index (χ1n) is 9.93. The summed E-state index contributed by atoms with van der Waals surface area (Å²) in [6, 6.07) is 6.85. The van der Waals surface area contributed by atoms with Gasteiger partial charge in [0.25, 0.3) is 5.91 Å². The minimum absolute atomic E-state index is 0.101. The number of hydrogen-bond donors (Lipinski definition) is 1. The smallest absolute Gasteiger partial charge is 0.330 e. The largest absolute Gasteiger partial charge is 0.467 e. The first-order valence-corrected chi connectivity index (χ1v) is 9.93. The number of fused-ring (bicyclic) bond motifs is 1. The Morgan fingerprint density at radius 2 is 1.76 bits per heavy atom. The average Bonchev–Trinajstić information content (AvgIpc) is 2.73. The Bertz CT molecular complexity index is 782. The fraction of sp³-hybridized carbons (Fsp3) is 0.524. The van der Waals surface area contributed by atoms with E-state index in [1.54, 1.807) is 34.1 Å². The van der Waals surface area contributed by atoms with Crippen molar-refractivity contribution < 1.29 is 23.9 Å². The van der Waals surface area contributed by atoms with E-state index in [1.165, 1.54) is 14.0 Å². The minimum Gasteiger partial charge on any atom is -0.467 e. The lowest BCUT2D eigenvalue weighted by Crippen LogP contribution is -2.67. The van der Waals surface area contributed by atoms with Crippen LogP contribution < -0.4 is 5.32 Å². The number of nitrogens with zero attached hydrogens (tertiary/aromatic N) is 2. The lowest BCUT2D eigenvalue weighted by atomic mass is 9.93. The van der Waals surface area contributed by atoms with Gasteiger partial charge in [-0.25, -0.2) is 4.79 Å². The molecule has 0 spiro atoms. The van der Waals surface area contributed by atoms with Crippen LogP contribution in [-0.4, -0.2) is 71.8 Å². The van der Waals surface area contributed by atoms with Crippen molar-refractivity contribution in [2.45, 2.75) is 50.7 Å². The number of carbonyl (C=O) groups is 4. The molecule has 2 fully saturated rings. The van der Waals surface area contributed by atoms with Gasteiger partial charge in [0.1, 0.15) is 12.1 Å². The van der Waals surface area contributed by atoms with Crippen LogP contribution in [0.4, 0.5) is 0 Å². The first kappa shape index (κ1) is 20.8. The molecule has 2 aliphatic heterocycles. The van der Waals surface area contributed by atoms with Crippen molar-refractivity contribution in [3.05, 3.63) is 35.9 Å². The van der Waals surface area contributed by atoms with Crippen molar-refractivity contribution in [1.29, 1.82) is 0 Å². The van der Waals surface area contributed by atoms with Crippen LogP contribution in [-0.2, 0) is 19.1 Å². The Morgan fingerprint density at radius 3 is 2.41 bits per heavy atom. The van der Waals surface area contributed by atoms with Crippen LogP contribution in [0.1, 0.15) is 43.0 Å². The zero-order valence-electron chi connectivity index (χ0n) is 16.8. The fourth-order valence-electron chi connectivity index (χ4n) is 4.11. The Labute approximate surface area is 170 Å². The van der Waals surface area contributed by atoms with Gasteiger partial charge in [-0.05, 0) is 25.0 Å². The Morgan fingerprint density at radius 1 is 1.07 bits per heavy atom. The third-order valence-electron chi connectivity index (χ3n) is 5.65. The highest BCUT2D eigenvalue weighted by Crippen LogP contribution is 2.26. The number of hydrogen-bond acceptors (Lipinski definition) is 5. The lowest BCUT2D eigenvalue weighted by molar-refractivity contribution is -0.163. The molecular weight excluding hydrogens is 374 g/mol. The van der Waals surface area contributed by atoms with Crippen LogP contribution in [0.25, 0.3) is 0 Å². The second-order valence-electron chi connectivity index (χ2n) is 7.54. The van der Waals surface area contributed by atoms with E-state index in [2.05, 4.69) is 5.32 Å². The van der Waals surface area contributed by atoms with Gasteiger partial charge in [0.2, 0.25) is 11.8 Å². The van der Waals surface area contributed by atoms with Gasteiger partial charge in [-0.3, -0.25) is 14.4 Å². The van der Waals surface area contributed by atoms with Gasteiger partial charge >= 0.3 is 5.97 Å². The summed E-state index contributed by atoms with van der Waals surface area (Å²) in [6.45, 7) is 1.94. The summed E-state index contributed by atoms with van der Waals surface area (Å²) in [6.07, 6.45) is 2.82. The maximum Gasteiger partial charge on any atom is 0.330 e. The van der Waals surface area contributed by atoms with E-state index in [4.69, 9.17) is 4.74 Å². The summed E-state index contributed by atoms with van der Waals surface area (Å²) in [5, 5.41) is 2.83. The molecule has 2 heterocycles. The monoisotopic (exact) mass is 401 g/mol. The predicted molar refractivity (Wildman–Crippen MR) is 105 cm³/mol. The standard InChI is InChI=1S/C21H27N3O5/c1-14(25)23-12-16-10-6-7-11-17(22-19(26)15-8-4-3-5-9-15)20(27)24(16)18(13-23)21(28)29-2/h3-5,8-9,16-18H,6-7,10-13H2,1-2H3,(H,22,26)/t16-,17-,18-/m0/s1. The number of carbonyl (C=O) groups excluding carboxylic acids is 4. The molecule has 8 nitrogen and oxygen atoms in total. The van der Waals surface area contributed by atoms with E-state index >= 15 is 0 Å². The summed E-state index contributed by atoms with van der Waals surface area (Å²) in [5.74, 6) is -1.30. The van der Waals surface area contributed by atoms with Crippen LogP contribution in [0, 0.1) is 0 Å². The van der Waals surface area contributed by atoms with Gasteiger partial charge in [0.05, 0.1) is 19.7 Å². The van der Waals surface area contributed by atoms with E-state index < -0.39 is 18.1 Å². The SMILES string of the molecule is COC(=O)[C@@H]1CN(C(C)=O)C[C@@H]2CCCC[C@H](NC(=O)c3ccccc3)C(=O)N21. The number of esters is 1. The molecule has 1 N–H and O–H groups in total. The molecular formula is C21H27N3O5. The van der Waals surface area contributed by atoms with E-state index in [0.717, 1.165) is 12.8 Å². The molecule has 1 aromatic rings. The highest BCUT2D eigenvalue weighted by atomic mass is 16.5. The van der Waals surface area contributed by atoms with Crippen LogP contribution >= 0.6 is 0 Å². The third-order valence-corrected chi connectivity index (χ3v) is 5.65. The van der Waals surface area contributed by atoms with Gasteiger partial charge in [-0.1, -0.05) is 31.0 Å². The molecule has 0 aliphatic carbocycles. The Hall–Kier alpha value is -2.90. The quantitative estimate of drug-likeness (QED) is 0.761. The number of amides is 3. The van der Waals surface area contributed by atoms with Crippen LogP contribution in [0.15, 0.2) is 30.3 Å². The second-order valence-corrected chi connectivity index (χ2v) is 7.54. The molecule has 156 valence electrons. The zero-order chi connectivity index (χ0) is 21.0. The number of rotatable bonds is 3. The molecule has 0 aromatic heterocycles. The minimum atomic E-state index is -0.871. The maximum atomic E-state index is 13.4. The van der Waals surface area contributed by atoms with Crippen molar-refractivity contribution in [2.75, 3.05) is 20.2 Å². The highest BCUT2D eigenvalue weighted by molar-refractivity contribution is 5.98. The van der Waals surface area contributed by atoms with Crippen molar-refractivity contribution in [1.82, 2.24) is 15.1 Å². The zero-order valence-corrected chi connectivity index (χ0v) is 16.8. The average molecular weight is 401 g/mol. The van der Waals surface area contributed by atoms with Crippen LogP contribution in [0.2, 0.25) is 0 Å². The van der Waals surface area contributed by atoms with Gasteiger partial charge in [-0.2, -0.15) is 0 Å². The van der Waals surface area contributed by atoms with E-state index in [0.29, 0.717) is 24.9 Å². The normalized spacial score (nSPS) is 24.8. The maximum absolute atomic E-state index is 13.4. The van der Waals surface area contributed by atoms with Crippen molar-refractivity contribution in [3.8, 4) is 0 Å². The molecule has 3 rings (SSSR count). The summed E-state index contributed by atoms with van der Waals surface area (Å²) in [4.78, 5) is 53.5. The molecule has 0 unspecified atom stereocenters. The molecule has 1 aromatic carbocycles. The number of nitrogens with one attached hydrogen (secondary N) is 1. The number of benzene rings is 1. The number of methoxy groups -OCH3 is 1. The van der Waals surface area contributed by atoms with Crippen molar-refractivity contribution >= 4 is 23.7 Å². The van der Waals surface area contributed by atoms with Gasteiger partial charge in [0.15, 0.2) is 0 Å². The first-order chi connectivity index (χ1) is 13.9. The topological polar surface area (TPSA) is 96.0 Å². The molecule has 0 bridgehead atoms.